The average molecular weight is 1010 g/mol. The number of β-amino-alcohol motifs (C(OH)–C–C–N with tert-alkyl or cyclic N) is 1. The maximum atomic E-state index is 14.3. The molecule has 386 valence electrons. The number of nitrogens with one attached hydrogen (secondary N) is 5. The van der Waals surface area contributed by atoms with E-state index in [4.69, 9.17) is 14.5 Å². The number of aliphatic hydroxyl groups is 1. The molecule has 2 saturated heterocycles. The lowest BCUT2D eigenvalue weighted by Crippen LogP contribution is -2.59. The Kier molecular flexibility index (Phi) is 17.0. The third-order valence-electron chi connectivity index (χ3n) is 12.8. The van der Waals surface area contributed by atoms with E-state index >= 15 is 0 Å². The molecule has 0 radical (unpaired) electrons. The first-order valence-corrected chi connectivity index (χ1v) is 25.3. The number of carbonyl (C=O) groups is 4. The van der Waals surface area contributed by atoms with E-state index in [1.165, 1.54) is 4.90 Å². The van der Waals surface area contributed by atoms with E-state index in [0.29, 0.717) is 59.5 Å². The van der Waals surface area contributed by atoms with Crippen molar-refractivity contribution in [3.05, 3.63) is 71.5 Å². The fourth-order valence-electron chi connectivity index (χ4n) is 8.91. The summed E-state index contributed by atoms with van der Waals surface area (Å²) in [6.07, 6.45) is 1.75. The molecule has 2 fully saturated rings. The molecule has 3 aromatic heterocycles. The van der Waals surface area contributed by atoms with Crippen molar-refractivity contribution in [2.45, 2.75) is 98.0 Å². The van der Waals surface area contributed by atoms with Gasteiger partial charge in [-0.3, -0.25) is 24.6 Å². The van der Waals surface area contributed by atoms with Gasteiger partial charge in [-0.1, -0.05) is 45.0 Å². The number of carbonyl (C=O) groups excluding carboxylic acids is 4. The first kappa shape index (κ1) is 53.3. The predicted molar refractivity (Wildman–Crippen MR) is 280 cm³/mol. The summed E-state index contributed by atoms with van der Waals surface area (Å²) in [4.78, 5) is 80.0. The van der Waals surface area contributed by atoms with Crippen molar-refractivity contribution in [2.75, 3.05) is 77.2 Å². The molecule has 0 spiro atoms. The molecule has 19 nitrogen and oxygen atoms in total. The normalized spacial score (nSPS) is 17.5. The van der Waals surface area contributed by atoms with Crippen LogP contribution in [-0.4, -0.2) is 154 Å². The number of fused-ring (bicyclic) bond motifs is 1. The second-order valence-electron chi connectivity index (χ2n) is 20.7. The highest BCUT2D eigenvalue weighted by atomic mass is 32.1. The summed E-state index contributed by atoms with van der Waals surface area (Å²) < 4.78 is 11.0. The fraction of sp³-hybridized carbons (Fsp3) is 0.500. The number of aryl methyl sites for hydroxylation is 1. The minimum atomic E-state index is -0.915. The maximum absolute atomic E-state index is 14.3. The lowest BCUT2D eigenvalue weighted by molar-refractivity contribution is -0.144. The monoisotopic (exact) mass is 1010 g/mol. The van der Waals surface area contributed by atoms with Gasteiger partial charge in [-0.25, -0.2) is 19.7 Å². The van der Waals surface area contributed by atoms with Crippen LogP contribution >= 0.6 is 11.3 Å². The van der Waals surface area contributed by atoms with Gasteiger partial charge in [-0.15, -0.1) is 11.3 Å². The molecule has 0 bridgehead atoms. The van der Waals surface area contributed by atoms with E-state index in [1.54, 1.807) is 37.8 Å². The van der Waals surface area contributed by atoms with Crippen molar-refractivity contribution in [1.29, 1.82) is 0 Å². The standard InChI is InChI=1S/C52H70N12O7S/c1-31(33-12-14-34(15-13-33)43-32(2)55-30-72-43)56-47(67)41-25-37(65)28-64(41)48(68)44(51(3,4)5)57-42(66)29-63-20-18-62(19-21-63)17-11-16-53-49-54-27-36-24-40(35-22-38(70-9)26-39(23-35)71-10)46(58-45(36)59-49)60-50(69)61-52(6,7)8/h12-15,22-24,26-27,30-31,37,41,44,65H,11,16-21,25,28-29H2,1-10H3,(H,56,67)(H,57,66)(H3,53,54,58,59,60,61,69)/t31-,37+,41-,44+/m0/s1. The molecule has 20 heteroatoms. The maximum Gasteiger partial charge on any atom is 0.320 e. The molecule has 0 unspecified atom stereocenters. The quantitative estimate of drug-likeness (QED) is 0.0601. The molecule has 0 saturated carbocycles. The fourth-order valence-corrected chi connectivity index (χ4v) is 9.72. The molecule has 72 heavy (non-hydrogen) atoms. The van der Waals surface area contributed by atoms with Gasteiger partial charge in [0.1, 0.15) is 29.4 Å². The zero-order chi connectivity index (χ0) is 51.9. The van der Waals surface area contributed by atoms with Gasteiger partial charge < -0.3 is 45.6 Å². The summed E-state index contributed by atoms with van der Waals surface area (Å²) in [5.74, 6) is 0.875. The number of ether oxygens (including phenoxy) is 2. The minimum absolute atomic E-state index is 0.00162. The number of nitrogens with zero attached hydrogens (tertiary/aromatic N) is 7. The number of methoxy groups -OCH3 is 2. The van der Waals surface area contributed by atoms with Crippen LogP contribution in [0.15, 0.2) is 60.2 Å². The zero-order valence-corrected chi connectivity index (χ0v) is 43.9. The number of aliphatic hydroxyl groups excluding tert-OH is 1. The van der Waals surface area contributed by atoms with E-state index in [0.717, 1.165) is 53.3 Å². The Morgan fingerprint density at radius 3 is 2.18 bits per heavy atom. The Balaban J connectivity index is 0.890. The molecular formula is C52H70N12O7S. The van der Waals surface area contributed by atoms with Crippen LogP contribution in [0, 0.1) is 12.3 Å². The number of amides is 5. The highest BCUT2D eigenvalue weighted by molar-refractivity contribution is 7.13. The number of hydrogen-bond acceptors (Lipinski definition) is 15. The van der Waals surface area contributed by atoms with E-state index in [1.807, 2.05) is 103 Å². The predicted octanol–water partition coefficient (Wildman–Crippen LogP) is 5.85. The van der Waals surface area contributed by atoms with E-state index in [2.05, 4.69) is 51.3 Å². The number of pyridine rings is 1. The Morgan fingerprint density at radius 2 is 1.56 bits per heavy atom. The first-order chi connectivity index (χ1) is 34.2. The van der Waals surface area contributed by atoms with Crippen molar-refractivity contribution in [1.82, 2.24) is 50.6 Å². The molecule has 2 aliphatic rings. The molecule has 5 heterocycles. The number of anilines is 2. The molecule has 2 aromatic carbocycles. The van der Waals surface area contributed by atoms with E-state index < -0.39 is 41.1 Å². The number of piperazine rings is 1. The largest absolute Gasteiger partial charge is 0.497 e. The van der Waals surface area contributed by atoms with Crippen LogP contribution in [0.4, 0.5) is 16.6 Å². The van der Waals surface area contributed by atoms with Gasteiger partial charge in [0.25, 0.3) is 0 Å². The molecule has 5 aromatic rings. The smallest absolute Gasteiger partial charge is 0.320 e. The Morgan fingerprint density at radius 1 is 0.875 bits per heavy atom. The van der Waals surface area contributed by atoms with Crippen LogP contribution in [-0.2, 0) is 14.4 Å². The van der Waals surface area contributed by atoms with Crippen LogP contribution < -0.4 is 36.1 Å². The third-order valence-corrected chi connectivity index (χ3v) is 13.8. The summed E-state index contributed by atoms with van der Waals surface area (Å²) in [6, 6.07) is 12.8. The SMILES string of the molecule is COc1cc(OC)cc(-c2cc3cnc(NCCCN4CCN(CC(=O)N[C@H](C(=O)N5C[C@H](O)C[C@H]5C(=O)N[C@@H](C)c5ccc(-c6scnc6C)cc5)C(C)(C)C)CC4)nc3nc2NC(=O)NC(C)(C)C)c1. The minimum Gasteiger partial charge on any atom is -0.497 e. The summed E-state index contributed by atoms with van der Waals surface area (Å²) >= 11 is 1.58. The molecular weight excluding hydrogens is 937 g/mol. The number of hydrogen-bond donors (Lipinski definition) is 6. The van der Waals surface area contributed by atoms with Crippen LogP contribution in [0.5, 0.6) is 11.5 Å². The highest BCUT2D eigenvalue weighted by Gasteiger charge is 2.45. The summed E-state index contributed by atoms with van der Waals surface area (Å²) in [7, 11) is 3.15. The molecule has 7 rings (SSSR count). The zero-order valence-electron chi connectivity index (χ0n) is 43.1. The Labute approximate surface area is 425 Å². The lowest BCUT2D eigenvalue weighted by atomic mass is 9.85. The van der Waals surface area contributed by atoms with Gasteiger partial charge in [0.05, 0.1) is 49.0 Å². The number of aromatic nitrogens is 4. The number of urea groups is 1. The van der Waals surface area contributed by atoms with Crippen molar-refractivity contribution in [3.63, 3.8) is 0 Å². The Hall–Kier alpha value is -6.48. The second-order valence-corrected chi connectivity index (χ2v) is 21.6. The van der Waals surface area contributed by atoms with Crippen LogP contribution in [0.2, 0.25) is 0 Å². The van der Waals surface area contributed by atoms with Crippen molar-refractivity contribution >= 4 is 57.9 Å². The lowest BCUT2D eigenvalue weighted by Gasteiger charge is -2.37. The Bertz CT molecular complexity index is 2690. The van der Waals surface area contributed by atoms with Gasteiger partial charge in [-0.05, 0) is 87.9 Å². The van der Waals surface area contributed by atoms with Crippen molar-refractivity contribution in [2.24, 2.45) is 5.41 Å². The van der Waals surface area contributed by atoms with Gasteiger partial charge in [0.2, 0.25) is 23.7 Å². The molecule has 2 aliphatic heterocycles. The van der Waals surface area contributed by atoms with Gasteiger partial charge >= 0.3 is 6.03 Å². The molecule has 4 atom stereocenters. The first-order valence-electron chi connectivity index (χ1n) is 24.5. The molecule has 6 N–H and O–H groups in total. The number of likely N-dealkylation sites (tertiary alicyclic amines) is 1. The average Bonchev–Trinajstić information content (AvgIpc) is 3.96. The van der Waals surface area contributed by atoms with Crippen molar-refractivity contribution < 1.29 is 33.8 Å². The number of rotatable bonds is 17. The van der Waals surface area contributed by atoms with Crippen LogP contribution in [0.3, 0.4) is 0 Å². The summed E-state index contributed by atoms with van der Waals surface area (Å²) in [5, 5.41) is 26.6. The van der Waals surface area contributed by atoms with E-state index in [9.17, 15) is 24.3 Å². The third kappa shape index (κ3) is 13.7. The number of benzene rings is 2. The highest BCUT2D eigenvalue weighted by Crippen LogP contribution is 2.36. The van der Waals surface area contributed by atoms with Crippen LogP contribution in [0.25, 0.3) is 32.6 Å². The van der Waals surface area contributed by atoms with E-state index in [-0.39, 0.29) is 37.4 Å². The summed E-state index contributed by atoms with van der Waals surface area (Å²) in [6.45, 7) is 19.6. The van der Waals surface area contributed by atoms with Gasteiger partial charge in [0.15, 0.2) is 5.65 Å². The van der Waals surface area contributed by atoms with Gasteiger partial charge in [0, 0.05) is 74.4 Å². The van der Waals surface area contributed by atoms with Crippen molar-refractivity contribution in [3.8, 4) is 33.1 Å². The second kappa shape index (κ2) is 22.9. The number of thiazole rings is 1. The van der Waals surface area contributed by atoms with Gasteiger partial charge in [-0.2, -0.15) is 4.98 Å². The topological polar surface area (TPSA) is 228 Å². The van der Waals surface area contributed by atoms with Crippen LogP contribution in [0.1, 0.15) is 78.6 Å². The summed E-state index contributed by atoms with van der Waals surface area (Å²) in [5.41, 5.74) is 5.37. The molecule has 5 amide bonds. The molecule has 0 aliphatic carbocycles.